The summed E-state index contributed by atoms with van der Waals surface area (Å²) in [5.74, 6) is 1.69. The summed E-state index contributed by atoms with van der Waals surface area (Å²) in [7, 11) is 4.10. The molecule has 3 atom stereocenters. The van der Waals surface area contributed by atoms with Gasteiger partial charge in [0.15, 0.2) is 5.96 Å². The van der Waals surface area contributed by atoms with Gasteiger partial charge in [0.05, 0.1) is 12.4 Å². The fourth-order valence-electron chi connectivity index (χ4n) is 4.06. The molecular formula is C19H35N7. The lowest BCUT2D eigenvalue weighted by molar-refractivity contribution is 0.119. The van der Waals surface area contributed by atoms with E-state index in [1.165, 1.54) is 6.42 Å². The molecule has 0 radical (unpaired) electrons. The van der Waals surface area contributed by atoms with Crippen molar-refractivity contribution in [1.29, 1.82) is 0 Å². The third-order valence-corrected chi connectivity index (χ3v) is 6.05. The Morgan fingerprint density at radius 1 is 1.27 bits per heavy atom. The van der Waals surface area contributed by atoms with Crippen LogP contribution in [-0.4, -0.2) is 96.2 Å². The largest absolute Gasteiger partial charge is 0.355 e. The fraction of sp³-hybridized carbons (Fsp3) is 0.789. The molecule has 7 heteroatoms. The highest BCUT2D eigenvalue weighted by molar-refractivity contribution is 5.80. The molecule has 0 aliphatic carbocycles. The third-order valence-electron chi connectivity index (χ3n) is 6.05. The first-order chi connectivity index (χ1) is 12.6. The Hall–Kier alpha value is -1.60. The number of nitrogens with one attached hydrogen (secondary N) is 1. The van der Waals surface area contributed by atoms with Crippen molar-refractivity contribution in [3.05, 3.63) is 18.7 Å². The van der Waals surface area contributed by atoms with Crippen molar-refractivity contribution >= 4 is 5.96 Å². The van der Waals surface area contributed by atoms with Gasteiger partial charge in [-0.15, -0.1) is 0 Å². The van der Waals surface area contributed by atoms with Crippen LogP contribution in [0, 0.1) is 5.92 Å². The number of piperazine rings is 1. The summed E-state index contributed by atoms with van der Waals surface area (Å²) in [5, 5.41) is 3.62. The first-order valence-corrected chi connectivity index (χ1v) is 9.94. The summed E-state index contributed by atoms with van der Waals surface area (Å²) in [5.41, 5.74) is 0. The van der Waals surface area contributed by atoms with Crippen molar-refractivity contribution in [3.8, 4) is 0 Å². The predicted octanol–water partition coefficient (Wildman–Crippen LogP) is 0.977. The Morgan fingerprint density at radius 3 is 2.69 bits per heavy atom. The van der Waals surface area contributed by atoms with Crippen LogP contribution in [0.1, 0.15) is 26.3 Å². The maximum atomic E-state index is 4.56. The molecule has 0 spiro atoms. The smallest absolute Gasteiger partial charge is 0.193 e. The molecule has 26 heavy (non-hydrogen) atoms. The molecule has 1 aromatic heterocycles. The number of hydrogen-bond acceptors (Lipinski definition) is 4. The molecule has 3 unspecified atom stereocenters. The van der Waals surface area contributed by atoms with Gasteiger partial charge in [-0.2, -0.15) is 0 Å². The van der Waals surface area contributed by atoms with Crippen LogP contribution in [0.2, 0.25) is 0 Å². The highest BCUT2D eigenvalue weighted by atomic mass is 15.3. The van der Waals surface area contributed by atoms with Gasteiger partial charge in [-0.3, -0.25) is 9.89 Å². The number of aromatic nitrogens is 2. The first kappa shape index (κ1) is 19.2. The molecule has 3 heterocycles. The molecule has 0 bridgehead atoms. The minimum atomic E-state index is 0.458. The zero-order valence-corrected chi connectivity index (χ0v) is 16.8. The fourth-order valence-corrected chi connectivity index (χ4v) is 4.06. The second-order valence-electron chi connectivity index (χ2n) is 7.91. The molecule has 2 fully saturated rings. The van der Waals surface area contributed by atoms with Crippen LogP contribution >= 0.6 is 0 Å². The monoisotopic (exact) mass is 361 g/mol. The van der Waals surface area contributed by atoms with Gasteiger partial charge in [-0.05, 0) is 26.3 Å². The topological polar surface area (TPSA) is 51.9 Å². The molecule has 1 N–H and O–H groups in total. The van der Waals surface area contributed by atoms with Gasteiger partial charge in [0.1, 0.15) is 0 Å². The summed E-state index contributed by atoms with van der Waals surface area (Å²) in [6, 6.07) is 0.980. The zero-order valence-electron chi connectivity index (χ0n) is 16.8. The van der Waals surface area contributed by atoms with E-state index >= 15 is 0 Å². The lowest BCUT2D eigenvalue weighted by Gasteiger charge is -2.40. The van der Waals surface area contributed by atoms with Crippen LogP contribution in [0.3, 0.4) is 0 Å². The van der Waals surface area contributed by atoms with Crippen molar-refractivity contribution in [2.45, 2.75) is 32.4 Å². The van der Waals surface area contributed by atoms with Crippen LogP contribution < -0.4 is 5.32 Å². The Morgan fingerprint density at radius 2 is 2.04 bits per heavy atom. The molecule has 146 valence electrons. The molecule has 0 saturated carbocycles. The van der Waals surface area contributed by atoms with Gasteiger partial charge < -0.3 is 19.7 Å². The Balaban J connectivity index is 1.53. The normalized spacial score (nSPS) is 27.5. The zero-order chi connectivity index (χ0) is 18.5. The maximum absolute atomic E-state index is 4.56. The van der Waals surface area contributed by atoms with Crippen LogP contribution in [0.15, 0.2) is 23.7 Å². The van der Waals surface area contributed by atoms with E-state index in [-0.39, 0.29) is 0 Å². The Labute approximate surface area is 158 Å². The number of likely N-dealkylation sites (N-methyl/N-ethyl adjacent to an activating group) is 1. The van der Waals surface area contributed by atoms with Crippen molar-refractivity contribution in [2.75, 3.05) is 59.9 Å². The number of hydrogen-bond donors (Lipinski definition) is 1. The van der Waals surface area contributed by atoms with E-state index in [9.17, 15) is 0 Å². The summed E-state index contributed by atoms with van der Waals surface area (Å²) >= 11 is 0. The van der Waals surface area contributed by atoms with E-state index in [2.05, 4.69) is 61.7 Å². The van der Waals surface area contributed by atoms with E-state index in [1.54, 1.807) is 0 Å². The standard InChI is InChI=1S/C19H35N7/c1-16-5-7-25(14-18(16)26-8-6-21-15-26)19(20-3)22-13-17(2)24-11-9-23(4)10-12-24/h6,8,15-18H,5,7,9-14H2,1-4H3,(H,20,22). The number of aliphatic imine (C=N–C) groups is 1. The highest BCUT2D eigenvalue weighted by Crippen LogP contribution is 2.27. The number of imidazole rings is 1. The van der Waals surface area contributed by atoms with E-state index in [4.69, 9.17) is 0 Å². The second-order valence-corrected chi connectivity index (χ2v) is 7.91. The lowest BCUT2D eigenvalue weighted by Crippen LogP contribution is -2.54. The van der Waals surface area contributed by atoms with Crippen LogP contribution in [0.5, 0.6) is 0 Å². The molecule has 7 nitrogen and oxygen atoms in total. The van der Waals surface area contributed by atoms with Gasteiger partial charge in [-0.1, -0.05) is 6.92 Å². The molecule has 0 aromatic carbocycles. The quantitative estimate of drug-likeness (QED) is 0.640. The van der Waals surface area contributed by atoms with E-state index in [0.717, 1.165) is 51.8 Å². The first-order valence-electron chi connectivity index (χ1n) is 9.94. The molecule has 2 aliphatic rings. The van der Waals surface area contributed by atoms with Gasteiger partial charge in [0, 0.05) is 71.3 Å². The number of nitrogens with zero attached hydrogens (tertiary/aromatic N) is 6. The van der Waals surface area contributed by atoms with Crippen molar-refractivity contribution < 1.29 is 0 Å². The van der Waals surface area contributed by atoms with E-state index in [1.807, 2.05) is 19.6 Å². The molecule has 2 saturated heterocycles. The number of piperidine rings is 1. The van der Waals surface area contributed by atoms with Gasteiger partial charge in [-0.25, -0.2) is 4.98 Å². The summed E-state index contributed by atoms with van der Waals surface area (Å²) < 4.78 is 2.25. The maximum Gasteiger partial charge on any atom is 0.193 e. The number of rotatable bonds is 4. The van der Waals surface area contributed by atoms with E-state index < -0.39 is 0 Å². The van der Waals surface area contributed by atoms with Crippen molar-refractivity contribution in [2.24, 2.45) is 10.9 Å². The summed E-state index contributed by atoms with van der Waals surface area (Å²) in [6.07, 6.45) is 7.07. The second kappa shape index (κ2) is 8.86. The van der Waals surface area contributed by atoms with E-state index in [0.29, 0.717) is 18.0 Å². The molecule has 2 aliphatic heterocycles. The molecule has 1 aromatic rings. The molecule has 3 rings (SSSR count). The van der Waals surface area contributed by atoms with Crippen LogP contribution in [-0.2, 0) is 0 Å². The van der Waals surface area contributed by atoms with Gasteiger partial charge in [0.25, 0.3) is 0 Å². The summed E-state index contributed by atoms with van der Waals surface area (Å²) in [4.78, 5) is 16.2. The van der Waals surface area contributed by atoms with Crippen LogP contribution in [0.25, 0.3) is 0 Å². The van der Waals surface area contributed by atoms with Gasteiger partial charge >= 0.3 is 0 Å². The Kier molecular flexibility index (Phi) is 6.53. The third kappa shape index (κ3) is 4.57. The minimum Gasteiger partial charge on any atom is -0.355 e. The minimum absolute atomic E-state index is 0.458. The Bertz CT molecular complexity index is 562. The SMILES string of the molecule is CN=C(NCC(C)N1CCN(C)CC1)N1CCC(C)C(n2ccnc2)C1. The average molecular weight is 362 g/mol. The predicted molar refractivity (Wildman–Crippen MR) is 107 cm³/mol. The summed E-state index contributed by atoms with van der Waals surface area (Å²) in [6.45, 7) is 12.3. The number of likely N-dealkylation sites (tertiary alicyclic amines) is 1. The lowest BCUT2D eigenvalue weighted by atomic mass is 9.93. The molecular weight excluding hydrogens is 326 g/mol. The number of guanidine groups is 1. The highest BCUT2D eigenvalue weighted by Gasteiger charge is 2.29. The van der Waals surface area contributed by atoms with Gasteiger partial charge in [0.2, 0.25) is 0 Å². The van der Waals surface area contributed by atoms with Crippen molar-refractivity contribution in [3.63, 3.8) is 0 Å². The molecule has 0 amide bonds. The van der Waals surface area contributed by atoms with Crippen molar-refractivity contribution in [1.82, 2.24) is 29.6 Å². The average Bonchev–Trinajstić information content (AvgIpc) is 3.18. The van der Waals surface area contributed by atoms with Crippen LogP contribution in [0.4, 0.5) is 0 Å².